The maximum Gasteiger partial charge on any atom is 0.222 e. The van der Waals surface area contributed by atoms with Crippen LogP contribution in [0, 0.1) is 17.8 Å². The number of fused-ring (bicyclic) bond motifs is 4. The predicted molar refractivity (Wildman–Crippen MR) is 99.7 cm³/mol. The lowest BCUT2D eigenvalue weighted by Crippen LogP contribution is -2.27. The van der Waals surface area contributed by atoms with E-state index in [0.717, 1.165) is 48.6 Å². The molecule has 3 aliphatic rings. The first-order chi connectivity index (χ1) is 11.6. The Morgan fingerprint density at radius 2 is 1.88 bits per heavy atom. The lowest BCUT2D eigenvalue weighted by molar-refractivity contribution is 0.387. The van der Waals surface area contributed by atoms with E-state index >= 15 is 0 Å². The van der Waals surface area contributed by atoms with E-state index in [1.54, 1.807) is 0 Å². The fourth-order valence-corrected chi connectivity index (χ4v) is 6.23. The summed E-state index contributed by atoms with van der Waals surface area (Å²) < 4.78 is 1.27. The van der Waals surface area contributed by atoms with Crippen LogP contribution < -0.4 is 10.6 Å². The Labute approximate surface area is 146 Å². The number of likely N-dealkylation sites (tertiary alicyclic amines) is 1. The third kappa shape index (κ3) is 2.23. The highest BCUT2D eigenvalue weighted by Crippen LogP contribution is 2.43. The molecule has 0 amide bonds. The molecule has 2 unspecified atom stereocenters. The van der Waals surface area contributed by atoms with E-state index in [-0.39, 0.29) is 0 Å². The molecular weight excluding hydrogens is 318 g/mol. The lowest BCUT2D eigenvalue weighted by atomic mass is 9.89. The van der Waals surface area contributed by atoms with Crippen LogP contribution in [0.3, 0.4) is 0 Å². The van der Waals surface area contributed by atoms with Gasteiger partial charge in [-0.25, -0.2) is 4.98 Å². The summed E-state index contributed by atoms with van der Waals surface area (Å²) in [6.07, 6.45) is 3.62. The van der Waals surface area contributed by atoms with E-state index in [9.17, 15) is 0 Å². The Hall–Kier alpha value is -1.40. The van der Waals surface area contributed by atoms with Crippen molar-refractivity contribution in [2.24, 2.45) is 17.8 Å². The van der Waals surface area contributed by atoms with Crippen molar-refractivity contribution in [1.82, 2.24) is 14.9 Å². The molecule has 0 aromatic carbocycles. The molecule has 0 bridgehead atoms. The van der Waals surface area contributed by atoms with Gasteiger partial charge in [-0.3, -0.25) is 0 Å². The molecule has 0 spiro atoms. The zero-order chi connectivity index (χ0) is 16.4. The van der Waals surface area contributed by atoms with E-state index in [1.807, 2.05) is 11.3 Å². The average Bonchev–Trinajstić information content (AvgIpc) is 3.17. The van der Waals surface area contributed by atoms with Gasteiger partial charge in [0, 0.05) is 31.1 Å². The van der Waals surface area contributed by atoms with Crippen LogP contribution in [0.2, 0.25) is 0 Å². The standard InChI is InChI=1S/C18H25N5S/c1-10-3-4-14-13(5-10)15-16(24-14)17(21-18(19)20-15)23-8-11-6-22(2)7-12(11)9-23/h10-12H,3-9H2,1-2H3,(H2,19,20,21)/t10?,11-,12?/m0/s1. The minimum absolute atomic E-state index is 0.436. The molecule has 2 aliphatic heterocycles. The van der Waals surface area contributed by atoms with Gasteiger partial charge < -0.3 is 15.5 Å². The molecule has 1 aliphatic carbocycles. The SMILES string of the molecule is CC1CCc2sc3c(N4CC5CN(C)C[C@H]5C4)nc(N)nc3c2C1. The van der Waals surface area contributed by atoms with Crippen molar-refractivity contribution in [3.63, 3.8) is 0 Å². The number of thiophene rings is 1. The fourth-order valence-electron chi connectivity index (χ4n) is 4.93. The van der Waals surface area contributed by atoms with Crippen LogP contribution in [-0.4, -0.2) is 48.1 Å². The first kappa shape index (κ1) is 14.9. The number of rotatable bonds is 1. The van der Waals surface area contributed by atoms with Crippen LogP contribution in [0.4, 0.5) is 11.8 Å². The van der Waals surface area contributed by atoms with Crippen molar-refractivity contribution in [3.8, 4) is 0 Å². The highest BCUT2D eigenvalue weighted by atomic mass is 32.1. The summed E-state index contributed by atoms with van der Waals surface area (Å²) in [5.41, 5.74) is 8.69. The van der Waals surface area contributed by atoms with Crippen molar-refractivity contribution in [2.75, 3.05) is 43.9 Å². The van der Waals surface area contributed by atoms with E-state index in [2.05, 4.69) is 33.7 Å². The van der Waals surface area contributed by atoms with Crippen LogP contribution in [0.25, 0.3) is 10.2 Å². The fraction of sp³-hybridized carbons (Fsp3) is 0.667. The quantitative estimate of drug-likeness (QED) is 0.862. The molecule has 2 saturated heterocycles. The molecule has 2 fully saturated rings. The summed E-state index contributed by atoms with van der Waals surface area (Å²) in [6, 6.07) is 0. The van der Waals surface area contributed by atoms with Crippen molar-refractivity contribution < 1.29 is 0 Å². The second kappa shape index (κ2) is 5.30. The van der Waals surface area contributed by atoms with Gasteiger partial charge in [-0.05, 0) is 49.6 Å². The molecule has 6 heteroatoms. The van der Waals surface area contributed by atoms with Gasteiger partial charge in [-0.1, -0.05) is 6.92 Å². The Balaban J connectivity index is 1.57. The minimum Gasteiger partial charge on any atom is -0.368 e. The molecule has 0 saturated carbocycles. The topological polar surface area (TPSA) is 58.3 Å². The highest BCUT2D eigenvalue weighted by molar-refractivity contribution is 7.19. The summed E-state index contributed by atoms with van der Waals surface area (Å²) in [4.78, 5) is 15.8. The molecule has 5 rings (SSSR count). The van der Waals surface area contributed by atoms with Crippen LogP contribution in [-0.2, 0) is 12.8 Å². The average molecular weight is 344 g/mol. The van der Waals surface area contributed by atoms with Gasteiger partial charge in [-0.2, -0.15) is 4.98 Å². The monoisotopic (exact) mass is 343 g/mol. The largest absolute Gasteiger partial charge is 0.368 e. The number of hydrogen-bond donors (Lipinski definition) is 1. The third-order valence-electron chi connectivity index (χ3n) is 6.10. The Morgan fingerprint density at radius 1 is 1.12 bits per heavy atom. The number of anilines is 2. The summed E-state index contributed by atoms with van der Waals surface area (Å²) in [5, 5.41) is 0. The number of hydrogen-bond acceptors (Lipinski definition) is 6. The van der Waals surface area contributed by atoms with E-state index in [4.69, 9.17) is 5.73 Å². The smallest absolute Gasteiger partial charge is 0.222 e. The summed E-state index contributed by atoms with van der Waals surface area (Å²) in [6.45, 7) is 6.99. The zero-order valence-corrected chi connectivity index (χ0v) is 15.3. The molecule has 5 nitrogen and oxygen atoms in total. The Bertz CT molecular complexity index is 786. The van der Waals surface area contributed by atoms with Crippen molar-refractivity contribution in [2.45, 2.75) is 26.2 Å². The van der Waals surface area contributed by atoms with E-state index in [0.29, 0.717) is 5.95 Å². The number of nitrogen functional groups attached to an aromatic ring is 1. The molecule has 3 atom stereocenters. The van der Waals surface area contributed by atoms with Crippen molar-refractivity contribution >= 4 is 33.3 Å². The highest BCUT2D eigenvalue weighted by Gasteiger charge is 2.40. The van der Waals surface area contributed by atoms with Gasteiger partial charge >= 0.3 is 0 Å². The maximum atomic E-state index is 6.10. The van der Waals surface area contributed by atoms with E-state index in [1.165, 1.54) is 41.1 Å². The van der Waals surface area contributed by atoms with Crippen LogP contribution in [0.1, 0.15) is 23.8 Å². The zero-order valence-electron chi connectivity index (χ0n) is 14.5. The Kier molecular flexibility index (Phi) is 3.29. The van der Waals surface area contributed by atoms with Gasteiger partial charge in [0.1, 0.15) is 0 Å². The maximum absolute atomic E-state index is 6.10. The van der Waals surface area contributed by atoms with Crippen LogP contribution >= 0.6 is 11.3 Å². The number of aryl methyl sites for hydroxylation is 1. The first-order valence-electron chi connectivity index (χ1n) is 9.09. The molecular formula is C18H25N5S. The lowest BCUT2D eigenvalue weighted by Gasteiger charge is -2.21. The molecule has 4 heterocycles. The molecule has 2 aromatic rings. The van der Waals surface area contributed by atoms with Crippen LogP contribution in [0.5, 0.6) is 0 Å². The minimum atomic E-state index is 0.436. The molecule has 0 radical (unpaired) electrons. The summed E-state index contributed by atoms with van der Waals surface area (Å²) in [7, 11) is 2.23. The number of aromatic nitrogens is 2. The first-order valence-corrected chi connectivity index (χ1v) is 9.91. The van der Waals surface area contributed by atoms with Crippen LogP contribution in [0.15, 0.2) is 0 Å². The molecule has 24 heavy (non-hydrogen) atoms. The molecule has 2 N–H and O–H groups in total. The molecule has 128 valence electrons. The normalized spacial score (nSPS) is 30.1. The van der Waals surface area contributed by atoms with Crippen molar-refractivity contribution in [3.05, 3.63) is 10.4 Å². The van der Waals surface area contributed by atoms with Gasteiger partial charge in [-0.15, -0.1) is 11.3 Å². The van der Waals surface area contributed by atoms with Gasteiger partial charge in [0.2, 0.25) is 5.95 Å². The van der Waals surface area contributed by atoms with Gasteiger partial charge in [0.05, 0.1) is 10.2 Å². The summed E-state index contributed by atoms with van der Waals surface area (Å²) >= 11 is 1.92. The van der Waals surface area contributed by atoms with E-state index < -0.39 is 0 Å². The Morgan fingerprint density at radius 3 is 2.62 bits per heavy atom. The van der Waals surface area contributed by atoms with Gasteiger partial charge in [0.25, 0.3) is 0 Å². The summed E-state index contributed by atoms with van der Waals surface area (Å²) in [5.74, 6) is 3.83. The second-order valence-corrected chi connectivity index (χ2v) is 9.19. The number of nitrogens with two attached hydrogens (primary N) is 1. The van der Waals surface area contributed by atoms with Crippen molar-refractivity contribution in [1.29, 1.82) is 0 Å². The predicted octanol–water partition coefficient (Wildman–Crippen LogP) is 2.40. The van der Waals surface area contributed by atoms with Gasteiger partial charge in [0.15, 0.2) is 5.82 Å². The number of nitrogens with zero attached hydrogens (tertiary/aromatic N) is 4. The third-order valence-corrected chi connectivity index (χ3v) is 7.37. The second-order valence-electron chi connectivity index (χ2n) is 8.08. The molecule has 2 aromatic heterocycles.